The largest absolute Gasteiger partial charge is 0.361 e. The van der Waals surface area contributed by atoms with E-state index in [1.807, 2.05) is 0 Å². The van der Waals surface area contributed by atoms with Crippen LogP contribution in [-0.4, -0.2) is 22.6 Å². The second kappa shape index (κ2) is 6.81. The van der Waals surface area contributed by atoms with Crippen molar-refractivity contribution in [3.63, 3.8) is 0 Å². The molecule has 4 rings (SSSR count). The SMILES string of the molecule is C[C@]12CC[C@H]3[C@@H](CC=C4CCCC[C@@]43C)[C@@H]1CC[C@@H]2C(=O)CC(=O)C=[N+]=[N-]. The van der Waals surface area contributed by atoms with Crippen LogP contribution in [0.15, 0.2) is 11.6 Å². The molecule has 0 aromatic rings. The van der Waals surface area contributed by atoms with Gasteiger partial charge in [-0.3, -0.25) is 9.59 Å². The fourth-order valence-corrected chi connectivity index (χ4v) is 7.63. The van der Waals surface area contributed by atoms with Gasteiger partial charge in [-0.2, -0.15) is 4.79 Å². The van der Waals surface area contributed by atoms with Crippen molar-refractivity contribution >= 4 is 17.8 Å². The van der Waals surface area contributed by atoms with Crippen molar-refractivity contribution in [1.82, 2.24) is 0 Å². The van der Waals surface area contributed by atoms with E-state index >= 15 is 0 Å². The molecule has 6 atom stereocenters. The number of ketones is 2. The molecule has 4 aliphatic rings. The minimum atomic E-state index is -0.386. The summed E-state index contributed by atoms with van der Waals surface area (Å²) in [4.78, 5) is 27.4. The molecule has 0 heterocycles. The Morgan fingerprint density at radius 2 is 2.00 bits per heavy atom. The van der Waals surface area contributed by atoms with Crippen LogP contribution in [0.25, 0.3) is 5.53 Å². The second-order valence-corrected chi connectivity index (χ2v) is 9.99. The van der Waals surface area contributed by atoms with Crippen LogP contribution in [0.1, 0.15) is 78.1 Å². The molecule has 0 N–H and O–H groups in total. The number of allylic oxidation sites excluding steroid dienone is 2. The van der Waals surface area contributed by atoms with E-state index in [0.29, 0.717) is 17.3 Å². The van der Waals surface area contributed by atoms with E-state index in [0.717, 1.165) is 31.4 Å². The molecule has 0 aromatic carbocycles. The van der Waals surface area contributed by atoms with Gasteiger partial charge < -0.3 is 5.53 Å². The van der Waals surface area contributed by atoms with Gasteiger partial charge in [0.05, 0.1) is 6.42 Å². The molecule has 0 saturated heterocycles. The van der Waals surface area contributed by atoms with E-state index in [9.17, 15) is 9.59 Å². The Kier molecular flexibility index (Phi) is 4.74. The summed E-state index contributed by atoms with van der Waals surface area (Å²) < 4.78 is 0. The van der Waals surface area contributed by atoms with Gasteiger partial charge in [0.25, 0.3) is 0 Å². The highest BCUT2D eigenvalue weighted by Crippen LogP contribution is 2.66. The third kappa shape index (κ3) is 2.88. The number of hydrogen-bond donors (Lipinski definition) is 0. The fourth-order valence-electron chi connectivity index (χ4n) is 7.63. The van der Waals surface area contributed by atoms with Gasteiger partial charge in [0.1, 0.15) is 5.78 Å². The molecule has 4 nitrogen and oxygen atoms in total. The third-order valence-corrected chi connectivity index (χ3v) is 8.96. The Hall–Kier alpha value is -1.54. The number of rotatable bonds is 4. The molecule has 0 unspecified atom stereocenters. The van der Waals surface area contributed by atoms with Gasteiger partial charge in [-0.05, 0) is 80.0 Å². The van der Waals surface area contributed by atoms with E-state index in [2.05, 4.69) is 24.7 Å². The lowest BCUT2D eigenvalue weighted by Crippen LogP contribution is -2.50. The lowest BCUT2D eigenvalue weighted by molar-refractivity contribution is -0.133. The Bertz CT molecular complexity index is 735. The van der Waals surface area contributed by atoms with E-state index in [4.69, 9.17) is 5.53 Å². The number of Topliss-reactive ketones (excluding diaryl/α,β-unsaturated/α-hetero) is 2. The maximum Gasteiger partial charge on any atom is 0.323 e. The summed E-state index contributed by atoms with van der Waals surface area (Å²) in [7, 11) is 0. The molecular weight excluding hydrogens is 336 g/mol. The van der Waals surface area contributed by atoms with Gasteiger partial charge in [0.15, 0.2) is 0 Å². The summed E-state index contributed by atoms with van der Waals surface area (Å²) in [5.41, 5.74) is 10.7. The van der Waals surface area contributed by atoms with Gasteiger partial charge >= 0.3 is 6.21 Å². The van der Waals surface area contributed by atoms with Crippen molar-refractivity contribution < 1.29 is 14.4 Å². The lowest BCUT2D eigenvalue weighted by atomic mass is 9.47. The highest BCUT2D eigenvalue weighted by Gasteiger charge is 2.59. The molecule has 0 aliphatic heterocycles. The third-order valence-electron chi connectivity index (χ3n) is 8.96. The average Bonchev–Trinajstić information content (AvgIpc) is 2.98. The number of carbonyl (C=O) groups excluding carboxylic acids is 2. The fraction of sp³-hybridized carbons (Fsp3) is 0.783. The maximum absolute atomic E-state index is 12.9. The van der Waals surface area contributed by atoms with Crippen molar-refractivity contribution in [1.29, 1.82) is 0 Å². The zero-order chi connectivity index (χ0) is 19.2. The van der Waals surface area contributed by atoms with Crippen LogP contribution in [-0.2, 0) is 9.59 Å². The zero-order valence-corrected chi connectivity index (χ0v) is 16.7. The van der Waals surface area contributed by atoms with Crippen molar-refractivity contribution in [2.24, 2.45) is 34.5 Å². The highest BCUT2D eigenvalue weighted by atomic mass is 16.1. The summed E-state index contributed by atoms with van der Waals surface area (Å²) in [5, 5.41) is 0. The normalized spacial score (nSPS) is 42.8. The molecule has 4 heteroatoms. The van der Waals surface area contributed by atoms with Crippen molar-refractivity contribution in [2.45, 2.75) is 78.1 Å². The first-order chi connectivity index (χ1) is 12.9. The van der Waals surface area contributed by atoms with E-state index in [-0.39, 0.29) is 29.3 Å². The van der Waals surface area contributed by atoms with Crippen LogP contribution in [0.5, 0.6) is 0 Å². The first-order valence-electron chi connectivity index (χ1n) is 10.8. The van der Waals surface area contributed by atoms with Crippen molar-refractivity contribution in [3.05, 3.63) is 17.2 Å². The maximum atomic E-state index is 12.9. The van der Waals surface area contributed by atoms with E-state index in [1.54, 1.807) is 5.57 Å². The molecule has 0 bridgehead atoms. The van der Waals surface area contributed by atoms with Crippen LogP contribution in [0.3, 0.4) is 0 Å². The summed E-state index contributed by atoms with van der Waals surface area (Å²) in [6, 6.07) is 0. The van der Waals surface area contributed by atoms with Crippen molar-refractivity contribution in [3.8, 4) is 0 Å². The summed E-state index contributed by atoms with van der Waals surface area (Å²) >= 11 is 0. The minimum absolute atomic E-state index is 0.0102. The minimum Gasteiger partial charge on any atom is -0.361 e. The predicted molar refractivity (Wildman–Crippen MR) is 104 cm³/mol. The topological polar surface area (TPSA) is 70.5 Å². The molecule has 0 amide bonds. The summed E-state index contributed by atoms with van der Waals surface area (Å²) in [6.45, 7) is 4.83. The lowest BCUT2D eigenvalue weighted by Gasteiger charge is -2.57. The number of nitrogens with zero attached hydrogens (tertiary/aromatic N) is 2. The molecule has 0 radical (unpaired) electrons. The Balaban J connectivity index is 1.56. The van der Waals surface area contributed by atoms with Crippen LogP contribution < -0.4 is 0 Å². The van der Waals surface area contributed by atoms with Crippen LogP contribution in [0.2, 0.25) is 0 Å². The predicted octanol–water partition coefficient (Wildman–Crippen LogP) is 4.78. The van der Waals surface area contributed by atoms with Gasteiger partial charge in [-0.15, -0.1) is 0 Å². The van der Waals surface area contributed by atoms with Gasteiger partial charge in [-0.1, -0.05) is 31.9 Å². The quantitative estimate of drug-likeness (QED) is 0.235. The number of carbonyl (C=O) groups is 2. The van der Waals surface area contributed by atoms with Crippen LogP contribution >= 0.6 is 0 Å². The monoisotopic (exact) mass is 368 g/mol. The van der Waals surface area contributed by atoms with E-state index in [1.165, 1.54) is 38.5 Å². The van der Waals surface area contributed by atoms with Gasteiger partial charge in [-0.25, -0.2) is 0 Å². The Labute approximate surface area is 162 Å². The molecule has 0 spiro atoms. The average molecular weight is 369 g/mol. The summed E-state index contributed by atoms with van der Waals surface area (Å²) in [6.07, 6.45) is 14.2. The standard InChI is InChI=1S/C23H32N2O2/c1-22-11-4-3-5-15(22)6-7-17-18-8-9-20(21(27)13-16(26)14-25-24)23(18,2)12-10-19(17)22/h6,14,17-20H,3-5,7-13H2,1-2H3/t17-,18-,19-,20+,22-,23-/m0/s1. The molecule has 4 aliphatic carbocycles. The molecule has 0 aromatic heterocycles. The van der Waals surface area contributed by atoms with E-state index < -0.39 is 0 Å². The van der Waals surface area contributed by atoms with Gasteiger partial charge in [0, 0.05) is 5.92 Å². The second-order valence-electron chi connectivity index (χ2n) is 9.99. The smallest absolute Gasteiger partial charge is 0.323 e. The van der Waals surface area contributed by atoms with Crippen molar-refractivity contribution in [2.75, 3.05) is 0 Å². The Morgan fingerprint density at radius 3 is 2.78 bits per heavy atom. The van der Waals surface area contributed by atoms with Gasteiger partial charge in [0.2, 0.25) is 5.78 Å². The Morgan fingerprint density at radius 1 is 1.19 bits per heavy atom. The molecule has 3 fully saturated rings. The zero-order valence-electron chi connectivity index (χ0n) is 16.7. The first kappa shape index (κ1) is 18.8. The van der Waals surface area contributed by atoms with Crippen LogP contribution in [0, 0.1) is 34.5 Å². The number of hydrogen-bond acceptors (Lipinski definition) is 2. The molecule has 3 saturated carbocycles. The first-order valence-corrected chi connectivity index (χ1v) is 10.8. The highest BCUT2D eigenvalue weighted by molar-refractivity contribution is 6.30. The molecular formula is C23H32N2O2. The molecule has 146 valence electrons. The van der Waals surface area contributed by atoms with Crippen LogP contribution in [0.4, 0.5) is 0 Å². The number of fused-ring (bicyclic) bond motifs is 5. The molecule has 27 heavy (non-hydrogen) atoms. The summed E-state index contributed by atoms with van der Waals surface area (Å²) in [5.74, 6) is 1.73.